The van der Waals surface area contributed by atoms with Crippen molar-refractivity contribution in [1.29, 1.82) is 0 Å². The molecular weight excluding hydrogens is 454 g/mol. The molecule has 0 radical (unpaired) electrons. The summed E-state index contributed by atoms with van der Waals surface area (Å²) < 4.78 is 35.8. The number of hydrogen-bond acceptors (Lipinski definition) is 6. The van der Waals surface area contributed by atoms with Crippen LogP contribution in [0.1, 0.15) is 43.9 Å². The maximum absolute atomic E-state index is 13.1. The van der Waals surface area contributed by atoms with Gasteiger partial charge in [-0.05, 0) is 39.8 Å². The number of carbonyl (C=O) groups excluding carboxylic acids is 2. The molecule has 1 heterocycles. The molecule has 1 aromatic heterocycles. The third-order valence-electron chi connectivity index (χ3n) is 3.40. The maximum Gasteiger partial charge on any atom is 0.407 e. The number of alkyl halides is 3. The van der Waals surface area contributed by atoms with Gasteiger partial charge >= 0.3 is 16.8 Å². The lowest BCUT2D eigenvalue weighted by Crippen LogP contribution is -2.43. The number of aromatic nitrogens is 2. The van der Waals surface area contributed by atoms with E-state index in [1.54, 1.807) is 27.7 Å². The van der Waals surface area contributed by atoms with Crippen LogP contribution < -0.4 is 10.6 Å². The fourth-order valence-electron chi connectivity index (χ4n) is 2.14. The van der Waals surface area contributed by atoms with Gasteiger partial charge in [-0.3, -0.25) is 4.79 Å². The Morgan fingerprint density at radius 3 is 2.38 bits per heavy atom. The SMILES string of the molecule is C[C@H](CNC(=O)OC(C)(C)C)NC(=O)c1ccc(-c2noc(C(F)(F)Br)n2)cc1. The molecule has 0 aliphatic carbocycles. The summed E-state index contributed by atoms with van der Waals surface area (Å²) in [5.74, 6) is -1.25. The third-order valence-corrected chi connectivity index (χ3v) is 3.74. The number of nitrogens with one attached hydrogen (secondary N) is 2. The zero-order valence-corrected chi connectivity index (χ0v) is 17.8. The molecule has 1 atom stereocenters. The monoisotopic (exact) mass is 474 g/mol. The van der Waals surface area contributed by atoms with Crippen molar-refractivity contribution in [3.8, 4) is 11.4 Å². The molecule has 1 aromatic carbocycles. The predicted octanol–water partition coefficient (Wildman–Crippen LogP) is 3.82. The molecule has 2 amide bonds. The molecule has 0 spiro atoms. The summed E-state index contributed by atoms with van der Waals surface area (Å²) in [6, 6.07) is 5.68. The number of nitrogens with zero attached hydrogens (tertiary/aromatic N) is 2. The summed E-state index contributed by atoms with van der Waals surface area (Å²) in [7, 11) is 0. The normalized spacial score (nSPS) is 12.9. The van der Waals surface area contributed by atoms with Crippen LogP contribution in [0.2, 0.25) is 0 Å². The van der Waals surface area contributed by atoms with Gasteiger partial charge in [0, 0.05) is 39.6 Å². The van der Waals surface area contributed by atoms with Gasteiger partial charge in [0.15, 0.2) is 0 Å². The van der Waals surface area contributed by atoms with Crippen molar-refractivity contribution < 1.29 is 27.6 Å². The van der Waals surface area contributed by atoms with Gasteiger partial charge in [0.05, 0.1) is 0 Å². The molecule has 0 aliphatic rings. The molecule has 29 heavy (non-hydrogen) atoms. The number of rotatable bonds is 6. The smallest absolute Gasteiger partial charge is 0.407 e. The lowest BCUT2D eigenvalue weighted by Gasteiger charge is -2.21. The first-order valence-electron chi connectivity index (χ1n) is 8.64. The molecule has 2 aromatic rings. The number of benzene rings is 1. The second-order valence-corrected chi connectivity index (χ2v) is 8.25. The second-order valence-electron chi connectivity index (χ2n) is 7.26. The van der Waals surface area contributed by atoms with Crippen molar-refractivity contribution in [3.63, 3.8) is 0 Å². The van der Waals surface area contributed by atoms with E-state index in [9.17, 15) is 18.4 Å². The zero-order valence-electron chi connectivity index (χ0n) is 16.3. The highest BCUT2D eigenvalue weighted by Gasteiger charge is 2.34. The second kappa shape index (κ2) is 8.85. The van der Waals surface area contributed by atoms with Crippen molar-refractivity contribution in [1.82, 2.24) is 20.8 Å². The Morgan fingerprint density at radius 2 is 1.86 bits per heavy atom. The van der Waals surface area contributed by atoms with Crippen LogP contribution in [-0.4, -0.2) is 40.3 Å². The van der Waals surface area contributed by atoms with Gasteiger partial charge in [0.25, 0.3) is 5.91 Å². The number of carbonyl (C=O) groups is 2. The summed E-state index contributed by atoms with van der Waals surface area (Å²) in [4.78, 5) is 24.1. The number of halogens is 3. The van der Waals surface area contributed by atoms with E-state index in [-0.39, 0.29) is 24.3 Å². The van der Waals surface area contributed by atoms with E-state index >= 15 is 0 Å². The van der Waals surface area contributed by atoms with E-state index in [0.717, 1.165) is 0 Å². The first kappa shape index (κ1) is 22.7. The molecular formula is C18H21BrF2N4O4. The molecule has 2 N–H and O–H groups in total. The van der Waals surface area contributed by atoms with Crippen LogP contribution in [0.25, 0.3) is 11.4 Å². The Bertz CT molecular complexity index is 860. The lowest BCUT2D eigenvalue weighted by atomic mass is 10.1. The molecule has 2 rings (SSSR count). The summed E-state index contributed by atoms with van der Waals surface area (Å²) in [5, 5.41) is 8.80. The van der Waals surface area contributed by atoms with Crippen molar-refractivity contribution in [2.75, 3.05) is 6.54 Å². The topological polar surface area (TPSA) is 106 Å². The van der Waals surface area contributed by atoms with Gasteiger partial charge in [0.2, 0.25) is 5.82 Å². The fourth-order valence-corrected chi connectivity index (χ4v) is 2.30. The Labute approximate surface area is 174 Å². The fraction of sp³-hybridized carbons (Fsp3) is 0.444. The Morgan fingerprint density at radius 1 is 1.24 bits per heavy atom. The van der Waals surface area contributed by atoms with Crippen LogP contribution >= 0.6 is 15.9 Å². The van der Waals surface area contributed by atoms with Crippen molar-refractivity contribution >= 4 is 27.9 Å². The molecule has 0 aliphatic heterocycles. The quantitative estimate of drug-likeness (QED) is 0.616. The molecule has 158 valence electrons. The van der Waals surface area contributed by atoms with E-state index in [2.05, 4.69) is 41.2 Å². The molecule has 0 bridgehead atoms. The van der Waals surface area contributed by atoms with E-state index in [0.29, 0.717) is 11.1 Å². The van der Waals surface area contributed by atoms with Crippen LogP contribution in [0, 0.1) is 0 Å². The van der Waals surface area contributed by atoms with E-state index in [1.165, 1.54) is 24.3 Å². The van der Waals surface area contributed by atoms with Crippen LogP contribution in [0.4, 0.5) is 13.6 Å². The van der Waals surface area contributed by atoms with Gasteiger partial charge < -0.3 is 19.9 Å². The predicted molar refractivity (Wildman–Crippen MR) is 104 cm³/mol. The molecule has 11 heteroatoms. The minimum absolute atomic E-state index is 0.0268. The van der Waals surface area contributed by atoms with E-state index in [1.807, 2.05) is 0 Å². The Kier molecular flexibility index (Phi) is 6.93. The largest absolute Gasteiger partial charge is 0.444 e. The maximum atomic E-state index is 13.1. The highest BCUT2D eigenvalue weighted by Crippen LogP contribution is 2.34. The standard InChI is InChI=1S/C18H21BrF2N4O4/c1-10(9-22-16(27)28-17(2,3)4)23-14(26)12-7-5-11(6-8-12)13-24-15(29-25-13)18(19,20)21/h5-8,10H,9H2,1-4H3,(H,22,27)(H,23,26)/t10-/m1/s1. The average Bonchev–Trinajstić information content (AvgIpc) is 3.09. The highest BCUT2D eigenvalue weighted by atomic mass is 79.9. The van der Waals surface area contributed by atoms with Gasteiger partial charge in [-0.1, -0.05) is 17.3 Å². The minimum Gasteiger partial charge on any atom is -0.444 e. The summed E-state index contributed by atoms with van der Waals surface area (Å²) in [5.41, 5.74) is 0.141. The molecule has 0 unspecified atom stereocenters. The molecule has 0 fully saturated rings. The van der Waals surface area contributed by atoms with E-state index in [4.69, 9.17) is 4.74 Å². The Balaban J connectivity index is 1.91. The number of ether oxygens (including phenoxy) is 1. The van der Waals surface area contributed by atoms with Crippen molar-refractivity contribution in [3.05, 3.63) is 35.7 Å². The number of alkyl carbamates (subject to hydrolysis) is 1. The van der Waals surface area contributed by atoms with Crippen LogP contribution in [-0.2, 0) is 9.57 Å². The minimum atomic E-state index is -3.42. The third kappa shape index (κ3) is 7.08. The molecule has 8 nitrogen and oxygen atoms in total. The van der Waals surface area contributed by atoms with Crippen molar-refractivity contribution in [2.24, 2.45) is 0 Å². The lowest BCUT2D eigenvalue weighted by molar-refractivity contribution is 0.0521. The van der Waals surface area contributed by atoms with Crippen molar-refractivity contribution in [2.45, 2.75) is 44.2 Å². The summed E-state index contributed by atoms with van der Waals surface area (Å²) in [6.45, 7) is 7.17. The first-order valence-corrected chi connectivity index (χ1v) is 9.43. The Hall–Kier alpha value is -2.56. The number of hydrogen-bond donors (Lipinski definition) is 2. The summed E-state index contributed by atoms with van der Waals surface area (Å²) in [6.07, 6.45) is -0.573. The molecule has 0 saturated heterocycles. The van der Waals surface area contributed by atoms with Crippen LogP contribution in [0.5, 0.6) is 0 Å². The highest BCUT2D eigenvalue weighted by molar-refractivity contribution is 9.09. The number of amides is 2. The van der Waals surface area contributed by atoms with E-state index < -0.39 is 22.4 Å². The van der Waals surface area contributed by atoms with Gasteiger partial charge in [0.1, 0.15) is 5.60 Å². The van der Waals surface area contributed by atoms with Gasteiger partial charge in [-0.2, -0.15) is 13.8 Å². The van der Waals surface area contributed by atoms with Crippen LogP contribution in [0.3, 0.4) is 0 Å². The summed E-state index contributed by atoms with van der Waals surface area (Å²) >= 11 is 2.15. The average molecular weight is 475 g/mol. The zero-order chi connectivity index (χ0) is 21.8. The van der Waals surface area contributed by atoms with Gasteiger partial charge in [-0.15, -0.1) is 0 Å². The first-order chi connectivity index (χ1) is 13.3. The van der Waals surface area contributed by atoms with Gasteiger partial charge in [-0.25, -0.2) is 4.79 Å². The molecule has 0 saturated carbocycles. The van der Waals surface area contributed by atoms with Crippen LogP contribution in [0.15, 0.2) is 28.8 Å².